The highest BCUT2D eigenvalue weighted by Gasteiger charge is 2.22. The number of rotatable bonds is 5. The van der Waals surface area contributed by atoms with Crippen molar-refractivity contribution < 1.29 is 14.2 Å². The third-order valence-electron chi connectivity index (χ3n) is 3.56. The quantitative estimate of drug-likeness (QED) is 0.888. The smallest absolute Gasteiger partial charge is 0.130 e. The van der Waals surface area contributed by atoms with Crippen LogP contribution in [0.3, 0.4) is 0 Å². The van der Waals surface area contributed by atoms with Gasteiger partial charge in [-0.25, -0.2) is 4.39 Å². The number of ether oxygens (including phenoxy) is 1. The van der Waals surface area contributed by atoms with Crippen molar-refractivity contribution in [1.82, 2.24) is 0 Å². The normalized spacial score (nSPS) is 13.2. The van der Waals surface area contributed by atoms with E-state index in [-0.39, 0.29) is 5.82 Å². The third-order valence-corrected chi connectivity index (χ3v) is 3.56. The first kappa shape index (κ1) is 16.0. The molecule has 4 heteroatoms. The summed E-state index contributed by atoms with van der Waals surface area (Å²) in [4.78, 5) is 0. The van der Waals surface area contributed by atoms with Crippen LogP contribution in [0.5, 0.6) is 11.5 Å². The molecule has 0 saturated carbocycles. The van der Waals surface area contributed by atoms with Gasteiger partial charge in [-0.1, -0.05) is 12.1 Å². The van der Waals surface area contributed by atoms with E-state index < -0.39 is 5.60 Å². The van der Waals surface area contributed by atoms with Gasteiger partial charge in [0.05, 0.1) is 11.7 Å². The van der Waals surface area contributed by atoms with E-state index in [4.69, 9.17) is 10.00 Å². The minimum atomic E-state index is -1.04. The van der Waals surface area contributed by atoms with Crippen LogP contribution in [0.25, 0.3) is 0 Å². The summed E-state index contributed by atoms with van der Waals surface area (Å²) in [7, 11) is 0. The molecule has 0 amide bonds. The van der Waals surface area contributed by atoms with Crippen molar-refractivity contribution in [2.75, 3.05) is 0 Å². The lowest BCUT2D eigenvalue weighted by Gasteiger charge is -2.22. The van der Waals surface area contributed by atoms with Gasteiger partial charge in [-0.15, -0.1) is 0 Å². The molecule has 0 aliphatic rings. The number of hydrogen-bond donors (Lipinski definition) is 1. The Morgan fingerprint density at radius 1 is 1.23 bits per heavy atom. The monoisotopic (exact) mass is 299 g/mol. The van der Waals surface area contributed by atoms with Gasteiger partial charge in [-0.3, -0.25) is 0 Å². The van der Waals surface area contributed by atoms with E-state index in [1.807, 2.05) is 6.07 Å². The molecule has 1 N–H and O–H groups in total. The highest BCUT2D eigenvalue weighted by molar-refractivity contribution is 5.38. The molecular weight excluding hydrogens is 281 g/mol. The van der Waals surface area contributed by atoms with Crippen LogP contribution in [0, 0.1) is 24.1 Å². The van der Waals surface area contributed by atoms with E-state index in [1.165, 1.54) is 12.1 Å². The minimum Gasteiger partial charge on any atom is -0.457 e. The second-order valence-electron chi connectivity index (χ2n) is 5.47. The van der Waals surface area contributed by atoms with Crippen LogP contribution in [0.2, 0.25) is 0 Å². The summed E-state index contributed by atoms with van der Waals surface area (Å²) in [5, 5.41) is 19.0. The highest BCUT2D eigenvalue weighted by Crippen LogP contribution is 2.30. The molecule has 2 aromatic carbocycles. The molecule has 0 aromatic heterocycles. The standard InChI is InChI=1S/C18H18FNO2/c1-13-12-15(19)6-9-17(13)22-16-7-4-14(5-8-16)18(2,21)10-3-11-20/h4-9,12,21H,3,10H2,1-2H3. The van der Waals surface area contributed by atoms with E-state index >= 15 is 0 Å². The summed E-state index contributed by atoms with van der Waals surface area (Å²) in [6.45, 7) is 3.46. The van der Waals surface area contributed by atoms with Crippen molar-refractivity contribution in [3.63, 3.8) is 0 Å². The molecule has 3 nitrogen and oxygen atoms in total. The molecular formula is C18H18FNO2. The van der Waals surface area contributed by atoms with Gasteiger partial charge in [0, 0.05) is 6.42 Å². The van der Waals surface area contributed by atoms with Crippen molar-refractivity contribution >= 4 is 0 Å². The lowest BCUT2D eigenvalue weighted by atomic mass is 9.91. The first-order valence-electron chi connectivity index (χ1n) is 7.06. The largest absolute Gasteiger partial charge is 0.457 e. The molecule has 1 atom stereocenters. The number of hydrogen-bond acceptors (Lipinski definition) is 3. The van der Waals surface area contributed by atoms with E-state index in [0.29, 0.717) is 29.9 Å². The van der Waals surface area contributed by atoms with Gasteiger partial charge in [0.1, 0.15) is 17.3 Å². The highest BCUT2D eigenvalue weighted by atomic mass is 19.1. The van der Waals surface area contributed by atoms with Gasteiger partial charge in [-0.2, -0.15) is 5.26 Å². The fourth-order valence-electron chi connectivity index (χ4n) is 2.18. The second-order valence-corrected chi connectivity index (χ2v) is 5.47. The van der Waals surface area contributed by atoms with E-state index in [9.17, 15) is 9.50 Å². The van der Waals surface area contributed by atoms with Crippen molar-refractivity contribution in [2.45, 2.75) is 32.3 Å². The number of nitrogens with zero attached hydrogens (tertiary/aromatic N) is 1. The van der Waals surface area contributed by atoms with Crippen molar-refractivity contribution in [3.05, 3.63) is 59.4 Å². The number of halogens is 1. The first-order valence-corrected chi connectivity index (χ1v) is 7.06. The zero-order chi connectivity index (χ0) is 16.2. The summed E-state index contributed by atoms with van der Waals surface area (Å²) in [5.41, 5.74) is 0.399. The van der Waals surface area contributed by atoms with Gasteiger partial charge in [0.2, 0.25) is 0 Å². The fourth-order valence-corrected chi connectivity index (χ4v) is 2.18. The Labute approximate surface area is 129 Å². The molecule has 2 aromatic rings. The molecule has 0 heterocycles. The molecule has 0 aliphatic carbocycles. The summed E-state index contributed by atoms with van der Waals surface area (Å²) in [5.74, 6) is 0.897. The molecule has 0 saturated heterocycles. The molecule has 0 spiro atoms. The van der Waals surface area contributed by atoms with Gasteiger partial charge in [-0.05, 0) is 61.7 Å². The molecule has 22 heavy (non-hydrogen) atoms. The topological polar surface area (TPSA) is 53.2 Å². The Balaban J connectivity index is 2.14. The molecule has 2 rings (SSSR count). The van der Waals surface area contributed by atoms with Crippen LogP contribution in [0.4, 0.5) is 4.39 Å². The average molecular weight is 299 g/mol. The number of aliphatic hydroxyl groups is 1. The molecule has 0 aliphatic heterocycles. The first-order chi connectivity index (χ1) is 10.4. The summed E-state index contributed by atoms with van der Waals surface area (Å²) in [6.07, 6.45) is 0.667. The Morgan fingerprint density at radius 3 is 2.50 bits per heavy atom. The van der Waals surface area contributed by atoms with Crippen LogP contribution in [0.15, 0.2) is 42.5 Å². The van der Waals surface area contributed by atoms with Crippen molar-refractivity contribution in [2.24, 2.45) is 0 Å². The van der Waals surface area contributed by atoms with Crippen LogP contribution in [-0.2, 0) is 5.60 Å². The predicted molar refractivity (Wildman–Crippen MR) is 82.1 cm³/mol. The maximum absolute atomic E-state index is 13.1. The maximum atomic E-state index is 13.1. The van der Waals surface area contributed by atoms with Gasteiger partial charge >= 0.3 is 0 Å². The fraction of sp³-hybridized carbons (Fsp3) is 0.278. The summed E-state index contributed by atoms with van der Waals surface area (Å²) in [6, 6.07) is 13.4. The molecule has 0 bridgehead atoms. The van der Waals surface area contributed by atoms with E-state index in [2.05, 4.69) is 0 Å². The third kappa shape index (κ3) is 3.84. The average Bonchev–Trinajstić information content (AvgIpc) is 2.49. The Bertz CT molecular complexity index is 687. The van der Waals surface area contributed by atoms with Crippen LogP contribution in [0.1, 0.15) is 30.9 Å². The van der Waals surface area contributed by atoms with Crippen LogP contribution >= 0.6 is 0 Å². The number of aryl methyl sites for hydroxylation is 1. The van der Waals surface area contributed by atoms with Crippen LogP contribution in [-0.4, -0.2) is 5.11 Å². The zero-order valence-electron chi connectivity index (χ0n) is 12.6. The number of nitriles is 1. The minimum absolute atomic E-state index is 0.292. The van der Waals surface area contributed by atoms with E-state index in [0.717, 1.165) is 5.56 Å². The van der Waals surface area contributed by atoms with Crippen molar-refractivity contribution in [3.8, 4) is 17.6 Å². The second kappa shape index (κ2) is 6.59. The SMILES string of the molecule is Cc1cc(F)ccc1Oc1ccc(C(C)(O)CCC#N)cc1. The zero-order valence-corrected chi connectivity index (χ0v) is 12.6. The van der Waals surface area contributed by atoms with Crippen LogP contribution < -0.4 is 4.74 Å². The summed E-state index contributed by atoms with van der Waals surface area (Å²) >= 11 is 0. The predicted octanol–water partition coefficient (Wildman–Crippen LogP) is 4.44. The summed E-state index contributed by atoms with van der Waals surface area (Å²) < 4.78 is 18.8. The molecule has 0 fully saturated rings. The number of benzene rings is 2. The lowest BCUT2D eigenvalue weighted by molar-refractivity contribution is 0.0492. The molecule has 1 unspecified atom stereocenters. The lowest BCUT2D eigenvalue weighted by Crippen LogP contribution is -2.20. The van der Waals surface area contributed by atoms with Crippen molar-refractivity contribution in [1.29, 1.82) is 5.26 Å². The Hall–Kier alpha value is -2.38. The van der Waals surface area contributed by atoms with Gasteiger partial charge < -0.3 is 9.84 Å². The van der Waals surface area contributed by atoms with Gasteiger partial charge in [0.15, 0.2) is 0 Å². The molecule has 0 radical (unpaired) electrons. The van der Waals surface area contributed by atoms with E-state index in [1.54, 1.807) is 44.2 Å². The van der Waals surface area contributed by atoms with Gasteiger partial charge in [0.25, 0.3) is 0 Å². The maximum Gasteiger partial charge on any atom is 0.130 e. The Morgan fingerprint density at radius 2 is 1.91 bits per heavy atom. The molecule has 114 valence electrons. The Kier molecular flexibility index (Phi) is 4.79.